The number of benzene rings is 1. The molecule has 120 valence electrons. The standard InChI is InChI=1S/C15H19ClN2O3S/c16-14-6-3-12(4-7-14)5-8-15(19)18-9-1-2-13(10-18)11-22(17,20)21/h3-8,13H,1-2,9-11H2,(H2,17,20,21). The minimum Gasteiger partial charge on any atom is -0.339 e. The zero-order chi connectivity index (χ0) is 16.2. The van der Waals surface area contributed by atoms with Gasteiger partial charge in [0.15, 0.2) is 0 Å². The van der Waals surface area contributed by atoms with Gasteiger partial charge in [0, 0.05) is 24.2 Å². The van der Waals surface area contributed by atoms with Gasteiger partial charge in [-0.1, -0.05) is 23.7 Å². The van der Waals surface area contributed by atoms with Crippen molar-refractivity contribution in [3.8, 4) is 0 Å². The van der Waals surface area contributed by atoms with E-state index in [1.807, 2.05) is 12.1 Å². The second kappa shape index (κ2) is 7.26. The van der Waals surface area contributed by atoms with Gasteiger partial charge in [-0.2, -0.15) is 0 Å². The van der Waals surface area contributed by atoms with E-state index in [-0.39, 0.29) is 17.6 Å². The van der Waals surface area contributed by atoms with E-state index >= 15 is 0 Å². The number of hydrogen-bond donors (Lipinski definition) is 1. The second-order valence-electron chi connectivity index (χ2n) is 5.51. The quantitative estimate of drug-likeness (QED) is 0.848. The van der Waals surface area contributed by atoms with Crippen molar-refractivity contribution in [1.29, 1.82) is 0 Å². The first-order valence-electron chi connectivity index (χ1n) is 7.06. The minimum absolute atomic E-state index is 0.0717. The molecular formula is C15H19ClN2O3S. The largest absolute Gasteiger partial charge is 0.339 e. The Kier molecular flexibility index (Phi) is 5.61. The van der Waals surface area contributed by atoms with Gasteiger partial charge in [0.2, 0.25) is 15.9 Å². The monoisotopic (exact) mass is 342 g/mol. The molecule has 1 saturated heterocycles. The van der Waals surface area contributed by atoms with Crippen LogP contribution in [-0.4, -0.2) is 38.1 Å². The molecule has 0 aromatic heterocycles. The molecule has 7 heteroatoms. The van der Waals surface area contributed by atoms with Crippen LogP contribution in [0, 0.1) is 5.92 Å². The number of amides is 1. The molecule has 1 amide bonds. The lowest BCUT2D eigenvalue weighted by molar-refractivity contribution is -0.127. The average Bonchev–Trinajstić information content (AvgIpc) is 2.45. The van der Waals surface area contributed by atoms with E-state index in [1.165, 1.54) is 6.08 Å². The highest BCUT2D eigenvalue weighted by Crippen LogP contribution is 2.18. The molecule has 22 heavy (non-hydrogen) atoms. The Morgan fingerprint density at radius 1 is 1.36 bits per heavy atom. The highest BCUT2D eigenvalue weighted by atomic mass is 35.5. The van der Waals surface area contributed by atoms with Gasteiger partial charge in [0.1, 0.15) is 0 Å². The van der Waals surface area contributed by atoms with Crippen molar-refractivity contribution in [1.82, 2.24) is 4.90 Å². The smallest absolute Gasteiger partial charge is 0.246 e. The Morgan fingerprint density at radius 2 is 2.05 bits per heavy atom. The van der Waals surface area contributed by atoms with Gasteiger partial charge < -0.3 is 4.90 Å². The Labute approximate surface area is 135 Å². The van der Waals surface area contributed by atoms with Crippen LogP contribution in [-0.2, 0) is 14.8 Å². The second-order valence-corrected chi connectivity index (χ2v) is 7.60. The lowest BCUT2D eigenvalue weighted by atomic mass is 10.00. The van der Waals surface area contributed by atoms with Gasteiger partial charge in [-0.3, -0.25) is 4.79 Å². The Morgan fingerprint density at radius 3 is 2.68 bits per heavy atom. The number of halogens is 1. The molecule has 1 fully saturated rings. The topological polar surface area (TPSA) is 80.5 Å². The molecule has 0 radical (unpaired) electrons. The molecule has 0 saturated carbocycles. The number of nitrogens with two attached hydrogens (primary N) is 1. The van der Waals surface area contributed by atoms with Gasteiger partial charge in [0.25, 0.3) is 0 Å². The highest BCUT2D eigenvalue weighted by molar-refractivity contribution is 7.89. The fraction of sp³-hybridized carbons (Fsp3) is 0.400. The molecule has 1 aliphatic heterocycles. The van der Waals surface area contributed by atoms with E-state index in [1.54, 1.807) is 23.1 Å². The van der Waals surface area contributed by atoms with E-state index < -0.39 is 10.0 Å². The van der Waals surface area contributed by atoms with Crippen molar-refractivity contribution >= 4 is 33.6 Å². The maximum atomic E-state index is 12.2. The van der Waals surface area contributed by atoms with Crippen LogP contribution in [0.2, 0.25) is 5.02 Å². The number of carbonyl (C=O) groups excluding carboxylic acids is 1. The normalized spacial score (nSPS) is 19.5. The van der Waals surface area contributed by atoms with Crippen LogP contribution in [0.4, 0.5) is 0 Å². The van der Waals surface area contributed by atoms with Crippen LogP contribution >= 0.6 is 11.6 Å². The summed E-state index contributed by atoms with van der Waals surface area (Å²) in [6.07, 6.45) is 4.80. The molecule has 1 atom stereocenters. The zero-order valence-corrected chi connectivity index (χ0v) is 13.7. The Hall–Kier alpha value is -1.37. The number of primary sulfonamides is 1. The number of hydrogen-bond acceptors (Lipinski definition) is 3. The lowest BCUT2D eigenvalue weighted by Crippen LogP contribution is -2.41. The van der Waals surface area contributed by atoms with Crippen molar-refractivity contribution in [2.75, 3.05) is 18.8 Å². The predicted molar refractivity (Wildman–Crippen MR) is 87.8 cm³/mol. The van der Waals surface area contributed by atoms with Crippen molar-refractivity contribution in [2.45, 2.75) is 12.8 Å². The average molecular weight is 343 g/mol. The molecule has 1 aromatic carbocycles. The molecule has 1 aliphatic rings. The van der Waals surface area contributed by atoms with E-state index in [0.29, 0.717) is 18.1 Å². The molecular weight excluding hydrogens is 324 g/mol. The summed E-state index contributed by atoms with van der Waals surface area (Å²) in [5.74, 6) is -0.275. The predicted octanol–water partition coefficient (Wildman–Crippen LogP) is 1.88. The van der Waals surface area contributed by atoms with E-state index in [0.717, 1.165) is 18.4 Å². The molecule has 1 heterocycles. The van der Waals surface area contributed by atoms with Crippen LogP contribution in [0.5, 0.6) is 0 Å². The van der Waals surface area contributed by atoms with E-state index in [4.69, 9.17) is 16.7 Å². The lowest BCUT2D eigenvalue weighted by Gasteiger charge is -2.31. The number of rotatable bonds is 4. The zero-order valence-electron chi connectivity index (χ0n) is 12.1. The van der Waals surface area contributed by atoms with Crippen molar-refractivity contribution in [2.24, 2.45) is 11.1 Å². The van der Waals surface area contributed by atoms with Crippen molar-refractivity contribution in [3.05, 3.63) is 40.9 Å². The molecule has 0 aliphatic carbocycles. The third kappa shape index (κ3) is 5.44. The summed E-state index contributed by atoms with van der Waals surface area (Å²) < 4.78 is 22.3. The molecule has 1 aromatic rings. The first kappa shape index (κ1) is 17.0. The number of likely N-dealkylation sites (tertiary alicyclic amines) is 1. The van der Waals surface area contributed by atoms with Crippen LogP contribution in [0.15, 0.2) is 30.3 Å². The number of nitrogens with zero attached hydrogens (tertiary/aromatic N) is 1. The summed E-state index contributed by atoms with van der Waals surface area (Å²) in [5, 5.41) is 5.72. The van der Waals surface area contributed by atoms with Crippen LogP contribution in [0.25, 0.3) is 6.08 Å². The van der Waals surface area contributed by atoms with Gasteiger partial charge in [-0.05, 0) is 42.5 Å². The van der Waals surface area contributed by atoms with Gasteiger partial charge in [-0.25, -0.2) is 13.6 Å². The maximum absolute atomic E-state index is 12.2. The summed E-state index contributed by atoms with van der Waals surface area (Å²) in [4.78, 5) is 13.9. The van der Waals surface area contributed by atoms with Gasteiger partial charge in [0.05, 0.1) is 5.75 Å². The number of piperidine rings is 1. The summed E-state index contributed by atoms with van der Waals surface area (Å²) in [7, 11) is -3.50. The van der Waals surface area contributed by atoms with E-state index in [9.17, 15) is 13.2 Å². The van der Waals surface area contributed by atoms with Gasteiger partial charge >= 0.3 is 0 Å². The number of carbonyl (C=O) groups is 1. The van der Waals surface area contributed by atoms with Crippen LogP contribution in [0.1, 0.15) is 18.4 Å². The van der Waals surface area contributed by atoms with Crippen LogP contribution in [0.3, 0.4) is 0 Å². The fourth-order valence-corrected chi connectivity index (χ4v) is 3.63. The molecule has 2 N–H and O–H groups in total. The maximum Gasteiger partial charge on any atom is 0.246 e. The summed E-state index contributed by atoms with van der Waals surface area (Å²) in [5.41, 5.74) is 0.885. The van der Waals surface area contributed by atoms with Crippen molar-refractivity contribution < 1.29 is 13.2 Å². The molecule has 0 spiro atoms. The summed E-state index contributed by atoms with van der Waals surface area (Å²) in [6.45, 7) is 1.07. The fourth-order valence-electron chi connectivity index (χ4n) is 2.58. The van der Waals surface area contributed by atoms with Crippen LogP contribution < -0.4 is 5.14 Å². The van der Waals surface area contributed by atoms with Crippen molar-refractivity contribution in [3.63, 3.8) is 0 Å². The number of sulfonamides is 1. The highest BCUT2D eigenvalue weighted by Gasteiger charge is 2.25. The summed E-state index contributed by atoms with van der Waals surface area (Å²) >= 11 is 5.81. The van der Waals surface area contributed by atoms with E-state index in [2.05, 4.69) is 0 Å². The third-order valence-corrected chi connectivity index (χ3v) is 4.78. The first-order chi connectivity index (χ1) is 10.3. The first-order valence-corrected chi connectivity index (χ1v) is 9.16. The molecule has 1 unspecified atom stereocenters. The summed E-state index contributed by atoms with van der Waals surface area (Å²) in [6, 6.07) is 7.17. The van der Waals surface area contributed by atoms with Gasteiger partial charge in [-0.15, -0.1) is 0 Å². The Balaban J connectivity index is 1.95. The molecule has 5 nitrogen and oxygen atoms in total. The molecule has 2 rings (SSSR count). The Bertz CT molecular complexity index is 656. The SMILES string of the molecule is NS(=O)(=O)CC1CCCN(C(=O)C=Cc2ccc(Cl)cc2)C1. The minimum atomic E-state index is -3.50. The molecule has 0 bridgehead atoms. The third-order valence-electron chi connectivity index (χ3n) is 3.59.